The molecule has 88 valence electrons. The summed E-state index contributed by atoms with van der Waals surface area (Å²) in [7, 11) is 0. The minimum atomic E-state index is 0. The van der Waals surface area contributed by atoms with E-state index in [1.807, 2.05) is 42.2 Å². The first kappa shape index (κ1) is 12.7. The third-order valence-corrected chi connectivity index (χ3v) is 3.98. The fourth-order valence-electron chi connectivity index (χ4n) is 1.62. The number of imidazole rings is 1. The highest BCUT2D eigenvalue weighted by Crippen LogP contribution is 2.21. The largest absolute Gasteiger partial charge is 1.00 e. The molecule has 0 atom stereocenters. The van der Waals surface area contributed by atoms with Gasteiger partial charge in [0, 0.05) is 23.7 Å². The lowest BCUT2D eigenvalue weighted by Crippen LogP contribution is -3.00. The van der Waals surface area contributed by atoms with Gasteiger partial charge in [-0.15, -0.1) is 11.3 Å². The van der Waals surface area contributed by atoms with Crippen LogP contribution in [0.5, 0.6) is 0 Å². The molecule has 0 aliphatic heterocycles. The second-order valence-corrected chi connectivity index (χ2v) is 5.08. The highest BCUT2D eigenvalue weighted by atomic mass is 79.9. The Morgan fingerprint density at radius 2 is 2.06 bits per heavy atom. The Hall–Kier alpha value is -0.720. The van der Waals surface area contributed by atoms with Gasteiger partial charge in [-0.1, -0.05) is 6.07 Å². The molecule has 3 nitrogen and oxygen atoms in total. The molecule has 0 spiro atoms. The number of hydrogen-bond acceptors (Lipinski definition) is 2. The predicted molar refractivity (Wildman–Crippen MR) is 66.5 cm³/mol. The monoisotopic (exact) mass is 373 g/mol. The van der Waals surface area contributed by atoms with Gasteiger partial charge in [0.2, 0.25) is 0 Å². The number of hydrogen-bond donors (Lipinski definition) is 0. The maximum Gasteiger partial charge on any atom is 0.195 e. The number of nitrogens with zero attached hydrogens (tertiary/aromatic N) is 3. The average Bonchev–Trinajstić information content (AvgIpc) is 2.86. The Balaban J connectivity index is 0.00000108. The second kappa shape index (κ2) is 5.29. The fourth-order valence-corrected chi connectivity index (χ4v) is 2.97. The molecule has 0 aliphatic rings. The molecule has 3 aromatic heterocycles. The average molecular weight is 375 g/mol. The molecular weight excluding hydrogens is 366 g/mol. The van der Waals surface area contributed by atoms with E-state index in [2.05, 4.69) is 29.9 Å². The van der Waals surface area contributed by atoms with E-state index in [1.165, 1.54) is 0 Å². The number of fused-ring (bicyclic) bond motifs is 1. The van der Waals surface area contributed by atoms with Crippen LogP contribution in [0.4, 0.5) is 0 Å². The highest BCUT2D eigenvalue weighted by molar-refractivity contribution is 9.10. The minimum absolute atomic E-state index is 0. The molecular formula is C11H9Br2N3S. The highest BCUT2D eigenvalue weighted by Gasteiger charge is 2.13. The van der Waals surface area contributed by atoms with E-state index in [9.17, 15) is 0 Å². The van der Waals surface area contributed by atoms with Gasteiger partial charge >= 0.3 is 0 Å². The van der Waals surface area contributed by atoms with Crippen molar-refractivity contribution < 1.29 is 21.5 Å². The molecule has 0 aliphatic carbocycles. The summed E-state index contributed by atoms with van der Waals surface area (Å²) >= 11 is 5.23. The Kier molecular flexibility index (Phi) is 3.96. The van der Waals surface area contributed by atoms with Gasteiger partial charge in [-0.2, -0.15) is 4.57 Å². The maximum atomic E-state index is 4.58. The van der Waals surface area contributed by atoms with E-state index >= 15 is 0 Å². The lowest BCUT2D eigenvalue weighted by atomic mass is 10.4. The zero-order valence-electron chi connectivity index (χ0n) is 8.75. The Morgan fingerprint density at radius 1 is 1.29 bits per heavy atom. The van der Waals surface area contributed by atoms with Crippen LogP contribution in [0.15, 0.2) is 46.8 Å². The molecule has 0 bridgehead atoms. The molecule has 0 fully saturated rings. The van der Waals surface area contributed by atoms with Gasteiger partial charge in [0.1, 0.15) is 10.3 Å². The zero-order valence-corrected chi connectivity index (χ0v) is 12.7. The van der Waals surface area contributed by atoms with Crippen LogP contribution in [-0.2, 0) is 6.54 Å². The van der Waals surface area contributed by atoms with Gasteiger partial charge in [0.25, 0.3) is 0 Å². The van der Waals surface area contributed by atoms with Crippen LogP contribution >= 0.6 is 27.3 Å². The van der Waals surface area contributed by atoms with E-state index in [4.69, 9.17) is 0 Å². The lowest BCUT2D eigenvalue weighted by molar-refractivity contribution is -0.688. The van der Waals surface area contributed by atoms with Crippen molar-refractivity contribution in [1.29, 1.82) is 0 Å². The quantitative estimate of drug-likeness (QED) is 0.554. The third-order valence-electron chi connectivity index (χ3n) is 2.38. The Bertz CT molecular complexity index is 618. The third kappa shape index (κ3) is 2.43. The minimum Gasteiger partial charge on any atom is -1.00 e. The van der Waals surface area contributed by atoms with Crippen LogP contribution < -0.4 is 21.5 Å². The molecule has 0 unspecified atom stereocenters. The first-order valence-corrected chi connectivity index (χ1v) is 6.56. The van der Waals surface area contributed by atoms with Crippen LogP contribution in [0.1, 0.15) is 5.69 Å². The summed E-state index contributed by atoms with van der Waals surface area (Å²) in [5, 5.41) is 2.03. The van der Waals surface area contributed by atoms with Gasteiger partial charge in [0.05, 0.1) is 0 Å². The van der Waals surface area contributed by atoms with Crippen LogP contribution in [0.3, 0.4) is 0 Å². The van der Waals surface area contributed by atoms with Crippen molar-refractivity contribution in [2.24, 2.45) is 0 Å². The molecule has 3 rings (SSSR count). The van der Waals surface area contributed by atoms with Gasteiger partial charge < -0.3 is 17.0 Å². The normalized spacial score (nSPS) is 10.4. The number of aromatic nitrogens is 3. The first-order chi connectivity index (χ1) is 7.84. The van der Waals surface area contributed by atoms with Gasteiger partial charge in [-0.3, -0.25) is 4.40 Å². The summed E-state index contributed by atoms with van der Waals surface area (Å²) in [4.78, 5) is 5.61. The maximum absolute atomic E-state index is 4.58. The molecule has 0 amide bonds. The van der Waals surface area contributed by atoms with E-state index in [0.717, 1.165) is 21.8 Å². The number of rotatable bonds is 2. The summed E-state index contributed by atoms with van der Waals surface area (Å²) < 4.78 is 5.21. The summed E-state index contributed by atoms with van der Waals surface area (Å²) in [5.41, 5.74) is 1.06. The molecule has 3 aromatic rings. The Labute approximate surface area is 122 Å². The number of thiazole rings is 1. The summed E-state index contributed by atoms with van der Waals surface area (Å²) in [6.45, 7) is 0.788. The van der Waals surface area contributed by atoms with Crippen LogP contribution in [0, 0.1) is 0 Å². The van der Waals surface area contributed by atoms with E-state index in [1.54, 1.807) is 11.3 Å². The molecule has 3 heterocycles. The second-order valence-electron chi connectivity index (χ2n) is 3.45. The van der Waals surface area contributed by atoms with Crippen LogP contribution in [-0.4, -0.2) is 9.38 Å². The number of halogens is 2. The SMILES string of the molecule is Brc1c(C[n+]2ccccc2)nc2sccn12.[Br-]. The van der Waals surface area contributed by atoms with Crippen LogP contribution in [0.25, 0.3) is 4.96 Å². The van der Waals surface area contributed by atoms with Crippen molar-refractivity contribution in [2.75, 3.05) is 0 Å². The van der Waals surface area contributed by atoms with E-state index < -0.39 is 0 Å². The molecule has 0 saturated carbocycles. The molecule has 0 aromatic carbocycles. The Morgan fingerprint density at radius 3 is 2.76 bits per heavy atom. The fraction of sp³-hybridized carbons (Fsp3) is 0.0909. The molecule has 17 heavy (non-hydrogen) atoms. The van der Waals surface area contributed by atoms with Crippen molar-refractivity contribution in [3.63, 3.8) is 0 Å². The van der Waals surface area contributed by atoms with Crippen molar-refractivity contribution in [3.8, 4) is 0 Å². The van der Waals surface area contributed by atoms with E-state index in [0.29, 0.717) is 0 Å². The van der Waals surface area contributed by atoms with Crippen molar-refractivity contribution in [1.82, 2.24) is 9.38 Å². The standard InChI is InChI=1S/C11H9BrN3S.BrH/c12-10-9(8-14-4-2-1-3-5-14)13-11-15(10)6-7-16-11;/h1-7H,8H2;1H/q+1;/p-1. The van der Waals surface area contributed by atoms with Crippen molar-refractivity contribution in [2.45, 2.75) is 6.54 Å². The lowest BCUT2D eigenvalue weighted by Gasteiger charge is -1.93. The van der Waals surface area contributed by atoms with Gasteiger partial charge in [-0.25, -0.2) is 4.98 Å². The molecule has 0 N–H and O–H groups in total. The molecule has 6 heteroatoms. The zero-order chi connectivity index (χ0) is 11.0. The predicted octanol–water partition coefficient (Wildman–Crippen LogP) is -0.502. The summed E-state index contributed by atoms with van der Waals surface area (Å²) in [6, 6.07) is 6.05. The van der Waals surface area contributed by atoms with E-state index in [-0.39, 0.29) is 17.0 Å². The number of pyridine rings is 1. The summed E-state index contributed by atoms with van der Waals surface area (Å²) in [5.74, 6) is 0. The molecule has 0 radical (unpaired) electrons. The van der Waals surface area contributed by atoms with Gasteiger partial charge in [0.15, 0.2) is 23.9 Å². The van der Waals surface area contributed by atoms with Crippen molar-refractivity contribution in [3.05, 3.63) is 52.5 Å². The molecule has 0 saturated heterocycles. The topological polar surface area (TPSA) is 21.2 Å². The first-order valence-electron chi connectivity index (χ1n) is 4.88. The summed E-state index contributed by atoms with van der Waals surface area (Å²) in [6.07, 6.45) is 6.11. The smallest absolute Gasteiger partial charge is 0.195 e. The van der Waals surface area contributed by atoms with Gasteiger partial charge in [-0.05, 0) is 15.9 Å². The van der Waals surface area contributed by atoms with Crippen LogP contribution in [0.2, 0.25) is 0 Å². The van der Waals surface area contributed by atoms with Crippen molar-refractivity contribution >= 4 is 32.2 Å².